The summed E-state index contributed by atoms with van der Waals surface area (Å²) in [5, 5.41) is 14.6. The van der Waals surface area contributed by atoms with Gasteiger partial charge in [-0.15, -0.1) is 0 Å². The maximum absolute atomic E-state index is 11.8. The van der Waals surface area contributed by atoms with Crippen molar-refractivity contribution in [3.8, 4) is 0 Å². The maximum Gasteiger partial charge on any atom is 0.335 e. The van der Waals surface area contributed by atoms with E-state index in [4.69, 9.17) is 16.7 Å². The number of nitrogens with zero attached hydrogens (tertiary/aromatic N) is 1. The highest BCUT2D eigenvalue weighted by Crippen LogP contribution is 2.15. The molecule has 0 fully saturated rings. The molecule has 1 amide bonds. The number of halogens is 1. The molecule has 20 heavy (non-hydrogen) atoms. The summed E-state index contributed by atoms with van der Waals surface area (Å²) in [4.78, 5) is 26.7. The number of aromatic carboxylic acids is 1. The molecule has 0 aromatic carbocycles. The van der Waals surface area contributed by atoms with E-state index in [1.54, 1.807) is 6.92 Å². The zero-order valence-electron chi connectivity index (χ0n) is 11.6. The van der Waals surface area contributed by atoms with Crippen molar-refractivity contribution in [3.05, 3.63) is 22.8 Å². The molecule has 1 aromatic rings. The fourth-order valence-electron chi connectivity index (χ4n) is 1.44. The minimum Gasteiger partial charge on any atom is -0.478 e. The number of rotatable bonds is 6. The summed E-state index contributed by atoms with van der Waals surface area (Å²) in [6.07, 6.45) is 0. The van der Waals surface area contributed by atoms with Gasteiger partial charge in [-0.1, -0.05) is 25.4 Å². The first-order valence-corrected chi connectivity index (χ1v) is 6.62. The second kappa shape index (κ2) is 7.09. The van der Waals surface area contributed by atoms with Gasteiger partial charge in [0.05, 0.1) is 5.56 Å². The molecule has 0 bridgehead atoms. The Bertz CT molecular complexity index is 506. The molecule has 0 aliphatic carbocycles. The number of hydrogen-bond acceptors (Lipinski definition) is 4. The van der Waals surface area contributed by atoms with Crippen LogP contribution in [0.5, 0.6) is 0 Å². The van der Waals surface area contributed by atoms with E-state index in [-0.39, 0.29) is 22.4 Å². The second-order valence-corrected chi connectivity index (χ2v) is 5.26. The number of amides is 1. The average Bonchev–Trinajstić information content (AvgIpc) is 2.34. The molecule has 0 aliphatic rings. The Morgan fingerprint density at radius 2 is 2.00 bits per heavy atom. The Hall–Kier alpha value is -1.82. The van der Waals surface area contributed by atoms with E-state index in [0.717, 1.165) is 0 Å². The average molecular weight is 300 g/mol. The van der Waals surface area contributed by atoms with Gasteiger partial charge in [0.1, 0.15) is 17.0 Å². The standard InChI is InChI=1S/C13H18ClN3O3/c1-7(2)6-15-12(18)8(3)16-11-5-9(13(19)20)4-10(14)17-11/h4-5,7-8H,6H2,1-3H3,(H,15,18)(H,16,17)(H,19,20). The van der Waals surface area contributed by atoms with Crippen LogP contribution < -0.4 is 10.6 Å². The molecule has 6 nitrogen and oxygen atoms in total. The van der Waals surface area contributed by atoms with Gasteiger partial charge in [0.15, 0.2) is 0 Å². The minimum atomic E-state index is -1.10. The molecular weight excluding hydrogens is 282 g/mol. The van der Waals surface area contributed by atoms with Crippen molar-refractivity contribution in [1.82, 2.24) is 10.3 Å². The number of carbonyl (C=O) groups is 2. The van der Waals surface area contributed by atoms with Gasteiger partial charge >= 0.3 is 5.97 Å². The summed E-state index contributed by atoms with van der Waals surface area (Å²) in [6, 6.07) is 2.04. The van der Waals surface area contributed by atoms with Gasteiger partial charge < -0.3 is 15.7 Å². The van der Waals surface area contributed by atoms with E-state index >= 15 is 0 Å². The highest BCUT2D eigenvalue weighted by atomic mass is 35.5. The number of nitrogens with one attached hydrogen (secondary N) is 2. The smallest absolute Gasteiger partial charge is 0.335 e. The fraction of sp³-hybridized carbons (Fsp3) is 0.462. The first-order valence-electron chi connectivity index (χ1n) is 6.24. The molecule has 1 heterocycles. The van der Waals surface area contributed by atoms with E-state index in [1.807, 2.05) is 13.8 Å². The SMILES string of the molecule is CC(C)CNC(=O)C(C)Nc1cc(C(=O)O)cc(Cl)n1. The molecule has 0 radical (unpaired) electrons. The topological polar surface area (TPSA) is 91.3 Å². The number of carboxylic acid groups (broad SMARTS) is 1. The lowest BCUT2D eigenvalue weighted by Gasteiger charge is -2.16. The van der Waals surface area contributed by atoms with Gasteiger partial charge in [-0.2, -0.15) is 0 Å². The first-order chi connectivity index (χ1) is 9.29. The molecule has 7 heteroatoms. The number of anilines is 1. The summed E-state index contributed by atoms with van der Waals surface area (Å²) in [5.41, 5.74) is 0.0160. The lowest BCUT2D eigenvalue weighted by Crippen LogP contribution is -2.39. The Morgan fingerprint density at radius 1 is 1.35 bits per heavy atom. The normalized spacial score (nSPS) is 12.1. The molecular formula is C13H18ClN3O3. The van der Waals surface area contributed by atoms with E-state index < -0.39 is 12.0 Å². The highest BCUT2D eigenvalue weighted by Gasteiger charge is 2.15. The third-order valence-electron chi connectivity index (χ3n) is 2.48. The minimum absolute atomic E-state index is 0.0160. The predicted molar refractivity (Wildman–Crippen MR) is 77.1 cm³/mol. The Labute approximate surface area is 122 Å². The fourth-order valence-corrected chi connectivity index (χ4v) is 1.65. The quantitative estimate of drug-likeness (QED) is 0.699. The van der Waals surface area contributed by atoms with Crippen molar-refractivity contribution < 1.29 is 14.7 Å². The Kier molecular flexibility index (Phi) is 5.76. The molecule has 3 N–H and O–H groups in total. The first kappa shape index (κ1) is 16.2. The monoisotopic (exact) mass is 299 g/mol. The van der Waals surface area contributed by atoms with E-state index in [0.29, 0.717) is 12.5 Å². The van der Waals surface area contributed by atoms with Crippen molar-refractivity contribution in [2.45, 2.75) is 26.8 Å². The highest BCUT2D eigenvalue weighted by molar-refractivity contribution is 6.29. The molecule has 110 valence electrons. The van der Waals surface area contributed by atoms with Crippen LogP contribution in [0.1, 0.15) is 31.1 Å². The van der Waals surface area contributed by atoms with Crippen LogP contribution in [0.25, 0.3) is 0 Å². The number of hydrogen-bond donors (Lipinski definition) is 3. The zero-order chi connectivity index (χ0) is 15.3. The Balaban J connectivity index is 2.72. The van der Waals surface area contributed by atoms with Crippen molar-refractivity contribution in [1.29, 1.82) is 0 Å². The summed E-state index contributed by atoms with van der Waals surface area (Å²) in [6.45, 7) is 6.24. The van der Waals surface area contributed by atoms with Gasteiger partial charge in [0.2, 0.25) is 5.91 Å². The molecule has 1 unspecified atom stereocenters. The van der Waals surface area contributed by atoms with Crippen molar-refractivity contribution >= 4 is 29.3 Å². The van der Waals surface area contributed by atoms with Crippen molar-refractivity contribution in [2.75, 3.05) is 11.9 Å². The van der Waals surface area contributed by atoms with Gasteiger partial charge in [-0.3, -0.25) is 4.79 Å². The number of aromatic nitrogens is 1. The number of pyridine rings is 1. The van der Waals surface area contributed by atoms with Crippen LogP contribution in [-0.4, -0.2) is 34.6 Å². The Morgan fingerprint density at radius 3 is 2.55 bits per heavy atom. The summed E-state index contributed by atoms with van der Waals surface area (Å²) >= 11 is 5.74. The lowest BCUT2D eigenvalue weighted by atomic mass is 10.2. The van der Waals surface area contributed by atoms with Crippen LogP contribution in [0, 0.1) is 5.92 Å². The van der Waals surface area contributed by atoms with Crippen LogP contribution >= 0.6 is 11.6 Å². The van der Waals surface area contributed by atoms with E-state index in [9.17, 15) is 9.59 Å². The van der Waals surface area contributed by atoms with Crippen molar-refractivity contribution in [3.63, 3.8) is 0 Å². The third kappa shape index (κ3) is 5.05. The molecule has 0 spiro atoms. The largest absolute Gasteiger partial charge is 0.478 e. The lowest BCUT2D eigenvalue weighted by molar-refractivity contribution is -0.121. The summed E-state index contributed by atoms with van der Waals surface area (Å²) in [5.74, 6) is -0.678. The van der Waals surface area contributed by atoms with Crippen LogP contribution in [0.2, 0.25) is 5.15 Å². The van der Waals surface area contributed by atoms with Gasteiger partial charge in [0.25, 0.3) is 0 Å². The second-order valence-electron chi connectivity index (χ2n) is 4.87. The number of carboxylic acids is 1. The summed E-state index contributed by atoms with van der Waals surface area (Å²) in [7, 11) is 0. The molecule has 0 saturated heterocycles. The van der Waals surface area contributed by atoms with Crippen LogP contribution in [0.15, 0.2) is 12.1 Å². The van der Waals surface area contributed by atoms with Crippen LogP contribution in [0.3, 0.4) is 0 Å². The molecule has 1 rings (SSSR count). The molecule has 1 aromatic heterocycles. The third-order valence-corrected chi connectivity index (χ3v) is 2.68. The predicted octanol–water partition coefficient (Wildman–Crippen LogP) is 2.01. The van der Waals surface area contributed by atoms with Gasteiger partial charge in [0, 0.05) is 6.54 Å². The van der Waals surface area contributed by atoms with Crippen LogP contribution in [-0.2, 0) is 4.79 Å². The van der Waals surface area contributed by atoms with Crippen molar-refractivity contribution in [2.24, 2.45) is 5.92 Å². The van der Waals surface area contributed by atoms with E-state index in [2.05, 4.69) is 15.6 Å². The molecule has 1 atom stereocenters. The molecule has 0 saturated carbocycles. The van der Waals surface area contributed by atoms with Gasteiger partial charge in [-0.25, -0.2) is 9.78 Å². The maximum atomic E-state index is 11.8. The summed E-state index contributed by atoms with van der Waals surface area (Å²) < 4.78 is 0. The van der Waals surface area contributed by atoms with Crippen LogP contribution in [0.4, 0.5) is 5.82 Å². The molecule has 0 aliphatic heterocycles. The number of carbonyl (C=O) groups excluding carboxylic acids is 1. The zero-order valence-corrected chi connectivity index (χ0v) is 12.4. The van der Waals surface area contributed by atoms with Gasteiger partial charge in [-0.05, 0) is 25.0 Å². The van der Waals surface area contributed by atoms with E-state index in [1.165, 1.54) is 12.1 Å².